The van der Waals surface area contributed by atoms with Crippen LogP contribution in [0.5, 0.6) is 0 Å². The average Bonchev–Trinajstić information content (AvgIpc) is 3.00. The van der Waals surface area contributed by atoms with Crippen LogP contribution in [0.3, 0.4) is 0 Å². The number of likely N-dealkylation sites (tertiary alicyclic amines) is 1. The van der Waals surface area contributed by atoms with Crippen LogP contribution in [0.15, 0.2) is 22.8 Å². The predicted octanol–water partition coefficient (Wildman–Crippen LogP) is 0.738. The fourth-order valence-electron chi connectivity index (χ4n) is 2.52. The second kappa shape index (κ2) is 6.56. The summed E-state index contributed by atoms with van der Waals surface area (Å²) >= 11 is 0. The highest BCUT2D eigenvalue weighted by atomic mass is 16.3. The van der Waals surface area contributed by atoms with Crippen molar-refractivity contribution < 1.29 is 14.0 Å². The highest BCUT2D eigenvalue weighted by molar-refractivity contribution is 5.95. The molecule has 6 nitrogen and oxygen atoms in total. The third kappa shape index (κ3) is 3.19. The Labute approximate surface area is 118 Å². The fourth-order valence-corrected chi connectivity index (χ4v) is 2.52. The molecule has 2 unspecified atom stereocenters. The molecular formula is C14H21N3O3. The zero-order valence-electron chi connectivity index (χ0n) is 11.7. The van der Waals surface area contributed by atoms with Gasteiger partial charge in [0.25, 0.3) is 5.91 Å². The van der Waals surface area contributed by atoms with Gasteiger partial charge in [0, 0.05) is 19.1 Å². The van der Waals surface area contributed by atoms with E-state index in [1.165, 1.54) is 6.26 Å². The smallest absolute Gasteiger partial charge is 0.287 e. The SMILES string of the molecule is CC(NC(=O)c1ccco1)C(=O)N1CCCCC1CN. The van der Waals surface area contributed by atoms with E-state index in [2.05, 4.69) is 5.32 Å². The van der Waals surface area contributed by atoms with Gasteiger partial charge in [0.15, 0.2) is 5.76 Å². The Hall–Kier alpha value is -1.82. The van der Waals surface area contributed by atoms with Gasteiger partial charge >= 0.3 is 0 Å². The number of piperidine rings is 1. The van der Waals surface area contributed by atoms with Crippen LogP contribution in [0.4, 0.5) is 0 Å². The molecule has 2 rings (SSSR count). The second-order valence-corrected chi connectivity index (χ2v) is 5.09. The van der Waals surface area contributed by atoms with Gasteiger partial charge in [-0.2, -0.15) is 0 Å². The molecule has 0 spiro atoms. The zero-order valence-corrected chi connectivity index (χ0v) is 11.7. The highest BCUT2D eigenvalue weighted by Crippen LogP contribution is 2.17. The van der Waals surface area contributed by atoms with E-state index in [0.29, 0.717) is 13.1 Å². The Morgan fingerprint density at radius 1 is 1.55 bits per heavy atom. The van der Waals surface area contributed by atoms with Crippen molar-refractivity contribution in [3.05, 3.63) is 24.2 Å². The lowest BCUT2D eigenvalue weighted by Gasteiger charge is -2.36. The standard InChI is InChI=1S/C14H21N3O3/c1-10(16-13(18)12-6-4-8-20-12)14(19)17-7-3-2-5-11(17)9-15/h4,6,8,10-11H,2-3,5,7,9,15H2,1H3,(H,16,18). The molecule has 1 fully saturated rings. The summed E-state index contributed by atoms with van der Waals surface area (Å²) in [5.74, 6) is -0.254. The van der Waals surface area contributed by atoms with Crippen LogP contribution in [0.1, 0.15) is 36.7 Å². The maximum atomic E-state index is 12.4. The van der Waals surface area contributed by atoms with Crippen molar-refractivity contribution in [2.45, 2.75) is 38.3 Å². The molecule has 1 aliphatic heterocycles. The molecule has 1 saturated heterocycles. The number of hydrogen-bond acceptors (Lipinski definition) is 4. The summed E-state index contributed by atoms with van der Waals surface area (Å²) in [6.45, 7) is 2.86. The first-order valence-corrected chi connectivity index (χ1v) is 6.98. The first-order chi connectivity index (χ1) is 9.63. The van der Waals surface area contributed by atoms with Gasteiger partial charge in [-0.05, 0) is 38.3 Å². The number of furan rings is 1. The van der Waals surface area contributed by atoms with Gasteiger partial charge in [0.05, 0.1) is 6.26 Å². The number of rotatable bonds is 4. The summed E-state index contributed by atoms with van der Waals surface area (Å²) in [6.07, 6.45) is 4.44. The number of hydrogen-bond donors (Lipinski definition) is 2. The van der Waals surface area contributed by atoms with E-state index in [-0.39, 0.29) is 23.6 Å². The Bertz CT molecular complexity index is 458. The van der Waals surface area contributed by atoms with Gasteiger partial charge in [-0.1, -0.05) is 0 Å². The lowest BCUT2D eigenvalue weighted by Crippen LogP contribution is -2.54. The molecule has 0 aliphatic carbocycles. The minimum atomic E-state index is -0.584. The molecule has 3 N–H and O–H groups in total. The van der Waals surface area contributed by atoms with E-state index < -0.39 is 6.04 Å². The average molecular weight is 279 g/mol. The number of amides is 2. The largest absolute Gasteiger partial charge is 0.459 e. The van der Waals surface area contributed by atoms with Crippen LogP contribution >= 0.6 is 0 Å². The van der Waals surface area contributed by atoms with E-state index in [4.69, 9.17) is 10.2 Å². The zero-order chi connectivity index (χ0) is 14.5. The van der Waals surface area contributed by atoms with Gasteiger partial charge in [-0.3, -0.25) is 9.59 Å². The van der Waals surface area contributed by atoms with Crippen LogP contribution in [0.2, 0.25) is 0 Å². The minimum absolute atomic E-state index is 0.0826. The first-order valence-electron chi connectivity index (χ1n) is 6.98. The monoisotopic (exact) mass is 279 g/mol. The molecule has 1 aromatic rings. The van der Waals surface area contributed by atoms with Crippen molar-refractivity contribution in [2.75, 3.05) is 13.1 Å². The van der Waals surface area contributed by atoms with Crippen LogP contribution in [0, 0.1) is 0 Å². The van der Waals surface area contributed by atoms with Crippen molar-refractivity contribution >= 4 is 11.8 Å². The number of carbonyl (C=O) groups is 2. The second-order valence-electron chi connectivity index (χ2n) is 5.09. The molecule has 0 saturated carbocycles. The Morgan fingerprint density at radius 2 is 2.35 bits per heavy atom. The Kier molecular flexibility index (Phi) is 4.79. The van der Waals surface area contributed by atoms with Crippen molar-refractivity contribution in [1.29, 1.82) is 0 Å². The molecule has 0 radical (unpaired) electrons. The maximum absolute atomic E-state index is 12.4. The van der Waals surface area contributed by atoms with Gasteiger partial charge in [0.1, 0.15) is 6.04 Å². The third-order valence-corrected chi connectivity index (χ3v) is 3.65. The van der Waals surface area contributed by atoms with Crippen LogP contribution < -0.4 is 11.1 Å². The molecule has 2 heterocycles. The van der Waals surface area contributed by atoms with Crippen molar-refractivity contribution in [1.82, 2.24) is 10.2 Å². The fraction of sp³-hybridized carbons (Fsp3) is 0.571. The number of nitrogens with one attached hydrogen (secondary N) is 1. The summed E-state index contributed by atoms with van der Waals surface area (Å²) < 4.78 is 5.01. The third-order valence-electron chi connectivity index (χ3n) is 3.65. The summed E-state index contributed by atoms with van der Waals surface area (Å²) in [7, 11) is 0. The summed E-state index contributed by atoms with van der Waals surface area (Å²) in [5, 5.41) is 2.66. The lowest BCUT2D eigenvalue weighted by molar-refractivity contribution is -0.136. The predicted molar refractivity (Wildman–Crippen MR) is 74.0 cm³/mol. The van der Waals surface area contributed by atoms with E-state index >= 15 is 0 Å². The first kappa shape index (κ1) is 14.6. The topological polar surface area (TPSA) is 88.6 Å². The van der Waals surface area contributed by atoms with Crippen LogP contribution in [0.25, 0.3) is 0 Å². The lowest BCUT2D eigenvalue weighted by atomic mass is 10.0. The molecule has 1 aromatic heterocycles. The number of carbonyl (C=O) groups excluding carboxylic acids is 2. The molecule has 110 valence electrons. The molecule has 6 heteroatoms. The van der Waals surface area contributed by atoms with Crippen LogP contribution in [-0.4, -0.2) is 41.9 Å². The van der Waals surface area contributed by atoms with Crippen LogP contribution in [-0.2, 0) is 4.79 Å². The van der Waals surface area contributed by atoms with Crippen molar-refractivity contribution in [3.8, 4) is 0 Å². The molecule has 0 bridgehead atoms. The quantitative estimate of drug-likeness (QED) is 0.850. The molecule has 2 atom stereocenters. The van der Waals surface area contributed by atoms with Crippen molar-refractivity contribution in [2.24, 2.45) is 5.73 Å². The van der Waals surface area contributed by atoms with Gasteiger partial charge in [-0.25, -0.2) is 0 Å². The van der Waals surface area contributed by atoms with Gasteiger partial charge < -0.3 is 20.4 Å². The van der Waals surface area contributed by atoms with Crippen molar-refractivity contribution in [3.63, 3.8) is 0 Å². The Balaban J connectivity index is 1.95. The van der Waals surface area contributed by atoms with E-state index in [1.807, 2.05) is 0 Å². The molecule has 2 amide bonds. The van der Waals surface area contributed by atoms with E-state index in [9.17, 15) is 9.59 Å². The van der Waals surface area contributed by atoms with E-state index in [1.54, 1.807) is 24.0 Å². The summed E-state index contributed by atoms with van der Waals surface area (Å²) in [4.78, 5) is 26.0. The highest BCUT2D eigenvalue weighted by Gasteiger charge is 2.29. The van der Waals surface area contributed by atoms with Gasteiger partial charge in [0.2, 0.25) is 5.91 Å². The molecular weight excluding hydrogens is 258 g/mol. The molecule has 20 heavy (non-hydrogen) atoms. The van der Waals surface area contributed by atoms with Gasteiger partial charge in [-0.15, -0.1) is 0 Å². The molecule has 0 aromatic carbocycles. The maximum Gasteiger partial charge on any atom is 0.287 e. The molecule has 1 aliphatic rings. The number of nitrogens with zero attached hydrogens (tertiary/aromatic N) is 1. The Morgan fingerprint density at radius 3 is 3.00 bits per heavy atom. The summed E-state index contributed by atoms with van der Waals surface area (Å²) in [6, 6.07) is 2.70. The summed E-state index contributed by atoms with van der Waals surface area (Å²) in [5.41, 5.74) is 5.71. The number of nitrogens with two attached hydrogens (primary N) is 1. The minimum Gasteiger partial charge on any atom is -0.459 e. The van der Waals surface area contributed by atoms with E-state index in [0.717, 1.165) is 19.3 Å². The normalized spacial score (nSPS) is 20.5.